The number of unbranched alkanes of at least 4 members (excludes halogenated alkanes) is 1. The SMILES string of the molecule is Br.CCCCN1CCC2(C)CC(Cc3ccc(O)cc32)C1. The molecular formula is C18H28BrNO. The molecule has 3 rings (SSSR count). The van der Waals surface area contributed by atoms with E-state index in [2.05, 4.69) is 24.8 Å². The molecule has 1 fully saturated rings. The molecule has 0 aromatic heterocycles. The smallest absolute Gasteiger partial charge is 0.115 e. The van der Waals surface area contributed by atoms with Crippen LogP contribution in [0.15, 0.2) is 18.2 Å². The van der Waals surface area contributed by atoms with Crippen molar-refractivity contribution in [3.8, 4) is 5.75 Å². The highest BCUT2D eigenvalue weighted by Gasteiger charge is 2.39. The maximum Gasteiger partial charge on any atom is 0.115 e. The second-order valence-corrected chi connectivity index (χ2v) is 7.08. The van der Waals surface area contributed by atoms with E-state index in [-0.39, 0.29) is 22.4 Å². The molecule has 1 N–H and O–H groups in total. The van der Waals surface area contributed by atoms with Gasteiger partial charge in [-0.15, -0.1) is 17.0 Å². The molecule has 2 bridgehead atoms. The molecule has 1 aromatic rings. The molecule has 1 aromatic carbocycles. The molecule has 2 atom stereocenters. The molecule has 3 heteroatoms. The van der Waals surface area contributed by atoms with Crippen molar-refractivity contribution in [3.63, 3.8) is 0 Å². The van der Waals surface area contributed by atoms with E-state index in [4.69, 9.17) is 0 Å². The van der Waals surface area contributed by atoms with E-state index in [1.165, 1.54) is 62.9 Å². The summed E-state index contributed by atoms with van der Waals surface area (Å²) >= 11 is 0. The summed E-state index contributed by atoms with van der Waals surface area (Å²) in [5.41, 5.74) is 3.14. The van der Waals surface area contributed by atoms with Gasteiger partial charge in [-0.3, -0.25) is 0 Å². The van der Waals surface area contributed by atoms with Gasteiger partial charge in [0.2, 0.25) is 0 Å². The second kappa shape index (κ2) is 6.70. The number of likely N-dealkylation sites (tertiary alicyclic amines) is 1. The Morgan fingerprint density at radius 1 is 1.38 bits per heavy atom. The highest BCUT2D eigenvalue weighted by Crippen LogP contribution is 2.45. The summed E-state index contributed by atoms with van der Waals surface area (Å²) in [6.45, 7) is 8.40. The third-order valence-electron chi connectivity index (χ3n) is 5.32. The summed E-state index contributed by atoms with van der Waals surface area (Å²) in [4.78, 5) is 2.67. The molecular weight excluding hydrogens is 326 g/mol. The molecule has 1 saturated heterocycles. The van der Waals surface area contributed by atoms with Crippen LogP contribution in [0, 0.1) is 5.92 Å². The minimum Gasteiger partial charge on any atom is -0.508 e. The average Bonchev–Trinajstić information content (AvgIpc) is 2.55. The number of phenolic OH excluding ortho intramolecular Hbond substituents is 1. The van der Waals surface area contributed by atoms with Crippen molar-refractivity contribution < 1.29 is 5.11 Å². The molecule has 2 aliphatic rings. The number of nitrogens with zero attached hydrogens (tertiary/aromatic N) is 1. The minimum atomic E-state index is 0. The van der Waals surface area contributed by atoms with Crippen LogP contribution < -0.4 is 0 Å². The summed E-state index contributed by atoms with van der Waals surface area (Å²) in [5, 5.41) is 9.83. The lowest BCUT2D eigenvalue weighted by Crippen LogP contribution is -2.32. The van der Waals surface area contributed by atoms with E-state index in [9.17, 15) is 5.11 Å². The van der Waals surface area contributed by atoms with Crippen LogP contribution >= 0.6 is 17.0 Å². The minimum absolute atomic E-state index is 0. The summed E-state index contributed by atoms with van der Waals surface area (Å²) < 4.78 is 0. The van der Waals surface area contributed by atoms with E-state index in [1.54, 1.807) is 0 Å². The van der Waals surface area contributed by atoms with Crippen LogP contribution in [0.1, 0.15) is 50.7 Å². The lowest BCUT2D eigenvalue weighted by Gasteiger charge is -2.38. The zero-order chi connectivity index (χ0) is 14.2. The molecule has 0 radical (unpaired) electrons. The highest BCUT2D eigenvalue weighted by molar-refractivity contribution is 8.93. The van der Waals surface area contributed by atoms with Gasteiger partial charge in [0.25, 0.3) is 0 Å². The maximum absolute atomic E-state index is 9.83. The molecule has 0 spiro atoms. The first-order valence-electron chi connectivity index (χ1n) is 8.15. The number of rotatable bonds is 3. The average molecular weight is 354 g/mol. The largest absolute Gasteiger partial charge is 0.508 e. The Bertz CT molecular complexity index is 490. The standard InChI is InChI=1S/C18H27NO.BrH/c1-3-4-8-19-9-7-18(2)12-14(13-19)10-15-5-6-16(20)11-17(15)18;/h5-6,11,14,20H,3-4,7-10,12-13H2,1-2H3;1H. The molecule has 2 nitrogen and oxygen atoms in total. The van der Waals surface area contributed by atoms with Crippen molar-refractivity contribution in [2.45, 2.75) is 51.4 Å². The Morgan fingerprint density at radius 2 is 2.19 bits per heavy atom. The molecule has 118 valence electrons. The van der Waals surface area contributed by atoms with Crippen LogP contribution in [0.3, 0.4) is 0 Å². The Kier molecular flexibility index (Phi) is 5.37. The predicted octanol–water partition coefficient (Wildman–Crippen LogP) is 4.30. The van der Waals surface area contributed by atoms with Gasteiger partial charge in [0, 0.05) is 6.54 Å². The molecule has 2 unspecified atom stereocenters. The van der Waals surface area contributed by atoms with Crippen molar-refractivity contribution in [1.29, 1.82) is 0 Å². The summed E-state index contributed by atoms with van der Waals surface area (Å²) in [6, 6.07) is 6.03. The van der Waals surface area contributed by atoms with Gasteiger partial charge in [-0.25, -0.2) is 0 Å². The third-order valence-corrected chi connectivity index (χ3v) is 5.32. The van der Waals surface area contributed by atoms with Gasteiger partial charge >= 0.3 is 0 Å². The number of hydrogen-bond donors (Lipinski definition) is 1. The molecule has 1 aliphatic carbocycles. The van der Waals surface area contributed by atoms with Crippen LogP contribution in [-0.2, 0) is 11.8 Å². The fourth-order valence-electron chi connectivity index (χ4n) is 4.25. The Hall–Kier alpha value is -0.540. The van der Waals surface area contributed by atoms with Crippen molar-refractivity contribution in [1.82, 2.24) is 4.90 Å². The first-order valence-corrected chi connectivity index (χ1v) is 8.15. The quantitative estimate of drug-likeness (QED) is 0.875. The molecule has 0 saturated carbocycles. The van der Waals surface area contributed by atoms with Crippen LogP contribution in [0.4, 0.5) is 0 Å². The second-order valence-electron chi connectivity index (χ2n) is 7.08. The third kappa shape index (κ3) is 3.45. The van der Waals surface area contributed by atoms with E-state index >= 15 is 0 Å². The van der Waals surface area contributed by atoms with E-state index < -0.39 is 0 Å². The van der Waals surface area contributed by atoms with Gasteiger partial charge in [-0.05, 0) is 73.4 Å². The fraction of sp³-hybridized carbons (Fsp3) is 0.667. The summed E-state index contributed by atoms with van der Waals surface area (Å²) in [7, 11) is 0. The van der Waals surface area contributed by atoms with Crippen LogP contribution in [-0.4, -0.2) is 29.6 Å². The highest BCUT2D eigenvalue weighted by atomic mass is 79.9. The Balaban J connectivity index is 0.00000161. The van der Waals surface area contributed by atoms with Gasteiger partial charge in [0.15, 0.2) is 0 Å². The zero-order valence-electron chi connectivity index (χ0n) is 13.3. The topological polar surface area (TPSA) is 23.5 Å². The molecule has 1 aliphatic heterocycles. The van der Waals surface area contributed by atoms with E-state index in [1.807, 2.05) is 12.1 Å². The Labute approximate surface area is 139 Å². The number of fused-ring (bicyclic) bond motifs is 4. The normalized spacial score (nSPS) is 28.4. The van der Waals surface area contributed by atoms with E-state index in [0.29, 0.717) is 5.75 Å². The molecule has 1 heterocycles. The monoisotopic (exact) mass is 353 g/mol. The van der Waals surface area contributed by atoms with E-state index in [0.717, 1.165) is 5.92 Å². The van der Waals surface area contributed by atoms with Gasteiger partial charge < -0.3 is 10.0 Å². The van der Waals surface area contributed by atoms with Gasteiger partial charge in [-0.2, -0.15) is 0 Å². The fourth-order valence-corrected chi connectivity index (χ4v) is 4.25. The lowest BCUT2D eigenvalue weighted by atomic mass is 9.66. The number of aromatic hydroxyl groups is 1. The van der Waals surface area contributed by atoms with Crippen LogP contribution in [0.25, 0.3) is 0 Å². The first kappa shape index (κ1) is 16.8. The van der Waals surface area contributed by atoms with Crippen LogP contribution in [0.5, 0.6) is 5.75 Å². The number of halogens is 1. The van der Waals surface area contributed by atoms with Gasteiger partial charge in [0.1, 0.15) is 5.75 Å². The maximum atomic E-state index is 9.83. The van der Waals surface area contributed by atoms with Crippen molar-refractivity contribution in [2.24, 2.45) is 5.92 Å². The van der Waals surface area contributed by atoms with Crippen LogP contribution in [0.2, 0.25) is 0 Å². The van der Waals surface area contributed by atoms with Gasteiger partial charge in [0.05, 0.1) is 0 Å². The van der Waals surface area contributed by atoms with Gasteiger partial charge in [-0.1, -0.05) is 26.3 Å². The predicted molar refractivity (Wildman–Crippen MR) is 93.6 cm³/mol. The van der Waals surface area contributed by atoms with Crippen molar-refractivity contribution in [3.05, 3.63) is 29.3 Å². The number of phenols is 1. The summed E-state index contributed by atoms with van der Waals surface area (Å²) in [6.07, 6.45) is 6.30. The number of hydrogen-bond acceptors (Lipinski definition) is 2. The van der Waals surface area contributed by atoms with Crippen molar-refractivity contribution in [2.75, 3.05) is 19.6 Å². The zero-order valence-corrected chi connectivity index (χ0v) is 15.0. The first-order chi connectivity index (χ1) is 9.60. The van der Waals surface area contributed by atoms with Crippen molar-refractivity contribution >= 4 is 17.0 Å². The summed E-state index contributed by atoms with van der Waals surface area (Å²) in [5.74, 6) is 1.21. The molecule has 21 heavy (non-hydrogen) atoms. The Morgan fingerprint density at radius 3 is 2.95 bits per heavy atom. The molecule has 0 amide bonds. The lowest BCUT2D eigenvalue weighted by molar-refractivity contribution is 0.243. The number of benzene rings is 1.